The van der Waals surface area contributed by atoms with Crippen molar-refractivity contribution in [3.8, 4) is 22.8 Å². The minimum atomic E-state index is -0.594. The molecule has 10 nitrogen and oxygen atoms in total. The summed E-state index contributed by atoms with van der Waals surface area (Å²) in [7, 11) is 1.81. The molecule has 0 bridgehead atoms. The molecule has 36 heavy (non-hydrogen) atoms. The van der Waals surface area contributed by atoms with E-state index in [2.05, 4.69) is 29.8 Å². The van der Waals surface area contributed by atoms with Crippen molar-refractivity contribution in [3.05, 3.63) is 56.2 Å². The molecule has 1 aliphatic heterocycles. The highest BCUT2D eigenvalue weighted by Crippen LogP contribution is 2.46. The summed E-state index contributed by atoms with van der Waals surface area (Å²) in [5, 5.41) is 13.8. The number of aromatic nitrogens is 5. The number of aryl methyl sites for hydroxylation is 1. The van der Waals surface area contributed by atoms with E-state index in [1.54, 1.807) is 23.9 Å². The van der Waals surface area contributed by atoms with Gasteiger partial charge in [-0.2, -0.15) is 5.10 Å². The van der Waals surface area contributed by atoms with Gasteiger partial charge in [-0.05, 0) is 37.8 Å². The molecular weight excluding hydrogens is 507 g/mol. The van der Waals surface area contributed by atoms with E-state index < -0.39 is 5.76 Å². The van der Waals surface area contributed by atoms with E-state index in [4.69, 9.17) is 32.5 Å². The van der Waals surface area contributed by atoms with Crippen LogP contribution in [-0.2, 0) is 18.4 Å². The molecule has 188 valence electrons. The molecule has 1 saturated carbocycles. The van der Waals surface area contributed by atoms with Crippen LogP contribution >= 0.6 is 23.2 Å². The Kier molecular flexibility index (Phi) is 6.10. The molecule has 2 aliphatic rings. The summed E-state index contributed by atoms with van der Waals surface area (Å²) in [6.07, 6.45) is 3.96. The number of aromatic amines is 1. The van der Waals surface area contributed by atoms with Crippen LogP contribution < -0.4 is 10.7 Å². The van der Waals surface area contributed by atoms with Gasteiger partial charge >= 0.3 is 5.76 Å². The first-order valence-corrected chi connectivity index (χ1v) is 12.6. The Bertz CT molecular complexity index is 1420. The van der Waals surface area contributed by atoms with E-state index in [-0.39, 0.29) is 6.10 Å². The molecule has 6 rings (SSSR count). The fraction of sp³-hybridized carbons (Fsp3) is 0.417. The Labute approximate surface area is 216 Å². The first kappa shape index (κ1) is 23.3. The van der Waals surface area contributed by atoms with Crippen molar-refractivity contribution < 1.29 is 13.8 Å². The Morgan fingerprint density at radius 3 is 2.53 bits per heavy atom. The van der Waals surface area contributed by atoms with Gasteiger partial charge in [-0.1, -0.05) is 39.6 Å². The van der Waals surface area contributed by atoms with Crippen LogP contribution in [0.2, 0.25) is 10.0 Å². The van der Waals surface area contributed by atoms with Gasteiger partial charge in [-0.15, -0.1) is 0 Å². The molecule has 0 spiro atoms. The number of benzene rings is 1. The molecule has 1 aliphatic carbocycles. The number of nitrogens with one attached hydrogen (secondary N) is 1. The maximum atomic E-state index is 11.3. The van der Waals surface area contributed by atoms with E-state index in [1.807, 2.05) is 12.1 Å². The van der Waals surface area contributed by atoms with Gasteiger partial charge in [-0.25, -0.2) is 4.79 Å². The number of piperidine rings is 1. The third-order valence-electron chi connectivity index (χ3n) is 6.75. The van der Waals surface area contributed by atoms with Gasteiger partial charge in [0.2, 0.25) is 5.82 Å². The zero-order chi connectivity index (χ0) is 24.8. The molecule has 0 atom stereocenters. The molecule has 0 amide bonds. The second kappa shape index (κ2) is 9.42. The number of nitrogens with zero attached hydrogens (tertiary/aromatic N) is 5. The van der Waals surface area contributed by atoms with E-state index in [9.17, 15) is 4.79 Å². The minimum absolute atomic E-state index is 0.0906. The van der Waals surface area contributed by atoms with Crippen LogP contribution in [0.5, 0.6) is 0 Å². The van der Waals surface area contributed by atoms with Gasteiger partial charge in [0.1, 0.15) is 17.1 Å². The van der Waals surface area contributed by atoms with Crippen LogP contribution in [0.3, 0.4) is 0 Å². The van der Waals surface area contributed by atoms with E-state index in [0.29, 0.717) is 45.3 Å². The summed E-state index contributed by atoms with van der Waals surface area (Å²) in [6.45, 7) is 1.97. The first-order valence-electron chi connectivity index (χ1n) is 11.9. The zero-order valence-electron chi connectivity index (χ0n) is 19.5. The van der Waals surface area contributed by atoms with Crippen molar-refractivity contribution in [3.63, 3.8) is 0 Å². The number of rotatable bonds is 7. The normalized spacial score (nSPS) is 16.7. The number of halogens is 2. The molecule has 4 aromatic rings. The number of hydrogen-bond acceptors (Lipinski definition) is 8. The Hall–Kier alpha value is -3.08. The largest absolute Gasteiger partial charge is 0.439 e. The molecular formula is C24H24Cl2N6O4. The highest BCUT2D eigenvalue weighted by atomic mass is 35.5. The van der Waals surface area contributed by atoms with Gasteiger partial charge in [0.15, 0.2) is 5.82 Å². The van der Waals surface area contributed by atoms with Crippen LogP contribution in [0.15, 0.2) is 38.1 Å². The van der Waals surface area contributed by atoms with Crippen LogP contribution in [0, 0.1) is 0 Å². The molecule has 12 heteroatoms. The van der Waals surface area contributed by atoms with Gasteiger partial charge < -0.3 is 14.2 Å². The lowest BCUT2D eigenvalue weighted by Gasteiger charge is -2.32. The smallest absolute Gasteiger partial charge is 0.373 e. The highest BCUT2D eigenvalue weighted by molar-refractivity contribution is 6.39. The molecule has 4 heterocycles. The summed E-state index contributed by atoms with van der Waals surface area (Å²) in [4.78, 5) is 16.1. The molecule has 0 unspecified atom stereocenters. The minimum Gasteiger partial charge on any atom is -0.373 e. The van der Waals surface area contributed by atoms with Gasteiger partial charge in [0.25, 0.3) is 0 Å². The first-order chi connectivity index (χ1) is 17.5. The van der Waals surface area contributed by atoms with Crippen LogP contribution in [-0.4, -0.2) is 44.3 Å². The van der Waals surface area contributed by atoms with Crippen LogP contribution in [0.25, 0.3) is 22.8 Å². The van der Waals surface area contributed by atoms with Crippen molar-refractivity contribution in [2.24, 2.45) is 7.05 Å². The molecule has 1 N–H and O–H groups in total. The maximum Gasteiger partial charge on any atom is 0.439 e. The van der Waals surface area contributed by atoms with Gasteiger partial charge in [0, 0.05) is 43.2 Å². The summed E-state index contributed by atoms with van der Waals surface area (Å²) in [6, 6.07) is 7.32. The number of H-pyrrole nitrogens is 1. The fourth-order valence-electron chi connectivity index (χ4n) is 4.67. The molecule has 0 radical (unpaired) electrons. The summed E-state index contributed by atoms with van der Waals surface area (Å²) < 4.78 is 18.4. The van der Waals surface area contributed by atoms with Crippen LogP contribution in [0.1, 0.15) is 42.9 Å². The monoisotopic (exact) mass is 530 g/mol. The predicted octanol–water partition coefficient (Wildman–Crippen LogP) is 4.79. The molecule has 1 saturated heterocycles. The lowest BCUT2D eigenvalue weighted by Crippen LogP contribution is -2.37. The summed E-state index contributed by atoms with van der Waals surface area (Å²) in [5.74, 6) is 1.84. The topological polar surface area (TPSA) is 115 Å². The van der Waals surface area contributed by atoms with Crippen molar-refractivity contribution in [2.75, 3.05) is 18.0 Å². The van der Waals surface area contributed by atoms with Crippen molar-refractivity contribution in [2.45, 2.75) is 44.3 Å². The number of ether oxygens (including phenoxy) is 1. The maximum absolute atomic E-state index is 11.3. The van der Waals surface area contributed by atoms with Crippen LogP contribution in [0.4, 0.5) is 5.82 Å². The van der Waals surface area contributed by atoms with Crippen molar-refractivity contribution in [1.82, 2.24) is 25.1 Å². The zero-order valence-corrected chi connectivity index (χ0v) is 21.1. The fourth-order valence-corrected chi connectivity index (χ4v) is 5.25. The quantitative estimate of drug-likeness (QED) is 0.362. The second-order valence-electron chi connectivity index (χ2n) is 9.20. The van der Waals surface area contributed by atoms with Gasteiger partial charge in [-0.3, -0.25) is 14.2 Å². The summed E-state index contributed by atoms with van der Waals surface area (Å²) in [5.41, 5.74) is 2.96. The third kappa shape index (κ3) is 4.44. The van der Waals surface area contributed by atoms with E-state index in [1.165, 1.54) is 0 Å². The second-order valence-corrected chi connectivity index (χ2v) is 10.0. The Balaban J connectivity index is 1.14. The standard InChI is InChI=1S/C24H24Cl2N6O4/c1-31-18(23-27-24(33)36-30-23)11-19(28-31)32-9-7-14(8-10-32)34-12-15-21(29-35-22(15)13-5-6-13)20-16(25)3-2-4-17(20)26/h2-4,11,13-14H,5-10,12H2,1H3,(H,27,30,33). The highest BCUT2D eigenvalue weighted by Gasteiger charge is 2.34. The average molecular weight is 531 g/mol. The van der Waals surface area contributed by atoms with Crippen molar-refractivity contribution in [1.29, 1.82) is 0 Å². The lowest BCUT2D eigenvalue weighted by atomic mass is 10.0. The van der Waals surface area contributed by atoms with Gasteiger partial charge in [0.05, 0.1) is 22.8 Å². The molecule has 1 aromatic carbocycles. The Morgan fingerprint density at radius 2 is 1.86 bits per heavy atom. The van der Waals surface area contributed by atoms with Crippen molar-refractivity contribution >= 4 is 29.0 Å². The predicted molar refractivity (Wildman–Crippen MR) is 133 cm³/mol. The number of hydrogen-bond donors (Lipinski definition) is 1. The van der Waals surface area contributed by atoms with E-state index >= 15 is 0 Å². The molecule has 3 aromatic heterocycles. The molecule has 2 fully saturated rings. The number of anilines is 1. The Morgan fingerprint density at radius 1 is 1.11 bits per heavy atom. The lowest BCUT2D eigenvalue weighted by molar-refractivity contribution is 0.0245. The summed E-state index contributed by atoms with van der Waals surface area (Å²) >= 11 is 12.9. The van der Waals surface area contributed by atoms with E-state index in [0.717, 1.165) is 55.9 Å². The SMILES string of the molecule is Cn1nc(N2CCC(OCc3c(-c4c(Cl)cccc4Cl)noc3C3CC3)CC2)cc1-c1noc(=O)[nH]1. The third-order valence-corrected chi connectivity index (χ3v) is 7.38. The average Bonchev–Trinajstić information content (AvgIpc) is 3.29.